The second kappa shape index (κ2) is 10.9. The number of ether oxygens (including phenoxy) is 2. The van der Waals surface area contributed by atoms with E-state index in [1.165, 1.54) is 10.8 Å². The third-order valence-electron chi connectivity index (χ3n) is 9.07. The van der Waals surface area contributed by atoms with Gasteiger partial charge < -0.3 is 14.0 Å². The first kappa shape index (κ1) is 27.3. The summed E-state index contributed by atoms with van der Waals surface area (Å²) in [5.74, 6) is 4.05. The fourth-order valence-electron chi connectivity index (χ4n) is 6.78. The molecule has 0 aliphatic carbocycles. The molecule has 0 saturated carbocycles. The number of rotatable bonds is 4. The molecule has 0 N–H and O–H groups in total. The molecule has 0 spiro atoms. The van der Waals surface area contributed by atoms with Crippen molar-refractivity contribution in [2.24, 2.45) is 0 Å². The molecule has 0 atom stereocenters. The Morgan fingerprint density at radius 1 is 0.408 bits per heavy atom. The topological polar surface area (TPSA) is 62.1 Å². The molecule has 3 heterocycles. The van der Waals surface area contributed by atoms with Crippen molar-refractivity contribution in [2.45, 2.75) is 0 Å². The first-order chi connectivity index (χ1) is 24.3. The lowest BCUT2D eigenvalue weighted by molar-refractivity contribution is 0.360. The van der Waals surface area contributed by atoms with Crippen molar-refractivity contribution in [1.29, 1.82) is 0 Å². The minimum atomic E-state index is 0.485. The van der Waals surface area contributed by atoms with Crippen LogP contribution in [-0.2, 0) is 0 Å². The molecule has 0 bridgehead atoms. The van der Waals surface area contributed by atoms with Gasteiger partial charge in [-0.05, 0) is 47.2 Å². The summed E-state index contributed by atoms with van der Waals surface area (Å²) >= 11 is 0. The molecule has 1 aliphatic heterocycles. The molecule has 0 amide bonds. The van der Waals surface area contributed by atoms with Crippen molar-refractivity contribution in [3.8, 4) is 62.8 Å². The maximum atomic E-state index is 6.62. The number of hydrogen-bond donors (Lipinski definition) is 0. The van der Waals surface area contributed by atoms with E-state index in [0.29, 0.717) is 46.0 Å². The summed E-state index contributed by atoms with van der Waals surface area (Å²) in [6, 6.07) is 53.4. The monoisotopic (exact) mass is 630 g/mol. The number of hydrogen-bond acceptors (Lipinski definition) is 5. The lowest BCUT2D eigenvalue weighted by Crippen LogP contribution is -2.06. The SMILES string of the molecule is c1ccc(-c2nc(-c3ccc4ccccc4c3)nc(-c3cc(-n4c5ccccc5c5ccccc54)cc4c3Oc3ccccc3O4)n2)cc1. The summed E-state index contributed by atoms with van der Waals surface area (Å²) < 4.78 is 15.5. The number of fused-ring (bicyclic) bond motifs is 6. The number of benzene rings is 7. The van der Waals surface area contributed by atoms with Crippen molar-refractivity contribution in [3.63, 3.8) is 0 Å². The van der Waals surface area contributed by atoms with Gasteiger partial charge in [0.1, 0.15) is 0 Å². The van der Waals surface area contributed by atoms with E-state index >= 15 is 0 Å². The van der Waals surface area contributed by atoms with Crippen LogP contribution < -0.4 is 9.47 Å². The predicted octanol–water partition coefficient (Wildman–Crippen LogP) is 11.0. The second-order valence-corrected chi connectivity index (χ2v) is 12.1. The Labute approximate surface area is 281 Å². The van der Waals surface area contributed by atoms with Gasteiger partial charge in [-0.1, -0.05) is 115 Å². The molecule has 2 aromatic heterocycles. The van der Waals surface area contributed by atoms with Crippen LogP contribution in [0.15, 0.2) is 158 Å². The molecular formula is C43H26N4O2. The molecule has 1 aliphatic rings. The summed E-state index contributed by atoms with van der Waals surface area (Å²) in [5, 5.41) is 4.61. The lowest BCUT2D eigenvalue weighted by Gasteiger charge is -2.24. The fraction of sp³-hybridized carbons (Fsp3) is 0. The van der Waals surface area contributed by atoms with Crippen molar-refractivity contribution < 1.29 is 9.47 Å². The predicted molar refractivity (Wildman–Crippen MR) is 195 cm³/mol. The Kier molecular flexibility index (Phi) is 6.08. The number of aromatic nitrogens is 4. The molecule has 9 aromatic rings. The van der Waals surface area contributed by atoms with Gasteiger partial charge in [0.15, 0.2) is 40.5 Å². The van der Waals surface area contributed by atoms with E-state index in [4.69, 9.17) is 24.4 Å². The summed E-state index contributed by atoms with van der Waals surface area (Å²) in [6.07, 6.45) is 0. The van der Waals surface area contributed by atoms with Crippen LogP contribution in [0.4, 0.5) is 0 Å². The van der Waals surface area contributed by atoms with Crippen LogP contribution in [0.25, 0.3) is 72.4 Å². The molecule has 230 valence electrons. The van der Waals surface area contributed by atoms with Crippen LogP contribution >= 0.6 is 0 Å². The van der Waals surface area contributed by atoms with E-state index in [9.17, 15) is 0 Å². The van der Waals surface area contributed by atoms with Gasteiger partial charge in [0.2, 0.25) is 0 Å². The van der Waals surface area contributed by atoms with E-state index in [1.807, 2.05) is 72.8 Å². The van der Waals surface area contributed by atoms with Crippen LogP contribution in [0.3, 0.4) is 0 Å². The van der Waals surface area contributed by atoms with E-state index in [-0.39, 0.29) is 0 Å². The van der Waals surface area contributed by atoms with Crippen LogP contribution in [-0.4, -0.2) is 19.5 Å². The minimum Gasteiger partial charge on any atom is -0.449 e. The Balaban J connectivity index is 1.26. The normalized spacial score (nSPS) is 12.0. The van der Waals surface area contributed by atoms with Crippen molar-refractivity contribution in [1.82, 2.24) is 19.5 Å². The third kappa shape index (κ3) is 4.53. The highest BCUT2D eigenvalue weighted by molar-refractivity contribution is 6.09. The van der Waals surface area contributed by atoms with Gasteiger partial charge in [-0.25, -0.2) is 15.0 Å². The van der Waals surface area contributed by atoms with Crippen LogP contribution in [0, 0.1) is 0 Å². The van der Waals surface area contributed by atoms with Crippen LogP contribution in [0.2, 0.25) is 0 Å². The maximum Gasteiger partial charge on any atom is 0.181 e. The maximum absolute atomic E-state index is 6.62. The van der Waals surface area contributed by atoms with Gasteiger partial charge in [0.05, 0.1) is 22.3 Å². The Hall–Kier alpha value is -6.79. The second-order valence-electron chi connectivity index (χ2n) is 12.1. The summed E-state index contributed by atoms with van der Waals surface area (Å²) in [6.45, 7) is 0. The minimum absolute atomic E-state index is 0.485. The van der Waals surface area contributed by atoms with Gasteiger partial charge in [0.25, 0.3) is 0 Å². The van der Waals surface area contributed by atoms with Gasteiger partial charge in [-0.3, -0.25) is 0 Å². The molecule has 0 fully saturated rings. The first-order valence-corrected chi connectivity index (χ1v) is 16.2. The number of nitrogens with zero attached hydrogens (tertiary/aromatic N) is 4. The summed E-state index contributed by atoms with van der Waals surface area (Å²) in [7, 11) is 0. The van der Waals surface area contributed by atoms with Gasteiger partial charge >= 0.3 is 0 Å². The first-order valence-electron chi connectivity index (χ1n) is 16.2. The fourth-order valence-corrected chi connectivity index (χ4v) is 6.78. The number of para-hydroxylation sites is 4. The van der Waals surface area contributed by atoms with E-state index in [1.54, 1.807) is 0 Å². The standard InChI is InChI=1S/C43H26N4O2/c1-2-13-28(14-3-1)41-44-42(30-23-22-27-12-4-5-15-29(27)24-30)46-43(45-41)34-25-31(26-39-40(34)49-38-21-11-10-20-37(38)48-39)47-35-18-8-6-16-32(35)33-17-7-9-19-36(33)47/h1-26H. The average Bonchev–Trinajstić information content (AvgIpc) is 3.51. The zero-order valence-electron chi connectivity index (χ0n) is 26.1. The molecule has 49 heavy (non-hydrogen) atoms. The molecule has 0 radical (unpaired) electrons. The zero-order valence-corrected chi connectivity index (χ0v) is 26.1. The van der Waals surface area contributed by atoms with Crippen LogP contribution in [0.5, 0.6) is 23.0 Å². The van der Waals surface area contributed by atoms with Crippen molar-refractivity contribution in [2.75, 3.05) is 0 Å². The highest BCUT2D eigenvalue weighted by Crippen LogP contribution is 2.51. The molecule has 6 nitrogen and oxygen atoms in total. The molecular weight excluding hydrogens is 604 g/mol. The van der Waals surface area contributed by atoms with Crippen molar-refractivity contribution in [3.05, 3.63) is 158 Å². The quantitative estimate of drug-likeness (QED) is 0.194. The zero-order chi connectivity index (χ0) is 32.3. The van der Waals surface area contributed by atoms with E-state index in [0.717, 1.165) is 38.6 Å². The average molecular weight is 631 g/mol. The summed E-state index contributed by atoms with van der Waals surface area (Å²) in [4.78, 5) is 15.3. The highest BCUT2D eigenvalue weighted by atomic mass is 16.6. The van der Waals surface area contributed by atoms with E-state index < -0.39 is 0 Å². The molecule has 6 heteroatoms. The van der Waals surface area contributed by atoms with Gasteiger partial charge in [-0.15, -0.1) is 0 Å². The Morgan fingerprint density at radius 2 is 1.00 bits per heavy atom. The molecule has 7 aromatic carbocycles. The van der Waals surface area contributed by atoms with E-state index in [2.05, 4.69) is 89.5 Å². The lowest BCUT2D eigenvalue weighted by atomic mass is 10.1. The Bertz CT molecular complexity index is 2680. The van der Waals surface area contributed by atoms with Gasteiger partial charge in [-0.2, -0.15) is 0 Å². The molecule has 10 rings (SSSR count). The Morgan fingerprint density at radius 3 is 1.76 bits per heavy atom. The largest absolute Gasteiger partial charge is 0.449 e. The third-order valence-corrected chi connectivity index (χ3v) is 9.07. The highest BCUT2D eigenvalue weighted by Gasteiger charge is 2.27. The van der Waals surface area contributed by atoms with Crippen LogP contribution in [0.1, 0.15) is 0 Å². The molecule has 0 saturated heterocycles. The molecule has 0 unspecified atom stereocenters. The van der Waals surface area contributed by atoms with Crippen molar-refractivity contribution >= 4 is 32.6 Å². The summed E-state index contributed by atoms with van der Waals surface area (Å²) in [5.41, 5.74) is 5.57. The van der Waals surface area contributed by atoms with Gasteiger partial charge in [0, 0.05) is 28.0 Å². The smallest absolute Gasteiger partial charge is 0.181 e.